The zero-order valence-corrected chi connectivity index (χ0v) is 12.4. The third-order valence-corrected chi connectivity index (χ3v) is 5.66. The van der Waals surface area contributed by atoms with Gasteiger partial charge in [0.25, 0.3) is 0 Å². The molecule has 1 aromatic rings. The van der Waals surface area contributed by atoms with Gasteiger partial charge in [0.15, 0.2) is 0 Å². The fourth-order valence-electron chi connectivity index (χ4n) is 2.06. The molecule has 0 spiro atoms. The van der Waals surface area contributed by atoms with E-state index >= 15 is 0 Å². The molecule has 0 saturated heterocycles. The first-order valence-electron chi connectivity index (χ1n) is 7.22. The number of rotatable bonds is 8. The quantitative estimate of drug-likeness (QED) is 0.751. The van der Waals surface area contributed by atoms with Crippen molar-refractivity contribution >= 4 is 10.0 Å². The lowest BCUT2D eigenvalue weighted by atomic mass is 10.2. The Balaban J connectivity index is 1.40. The van der Waals surface area contributed by atoms with Gasteiger partial charge in [-0.05, 0) is 32.6 Å². The zero-order chi connectivity index (χ0) is 14.2. The van der Waals surface area contributed by atoms with Gasteiger partial charge in [-0.25, -0.2) is 13.1 Å². The highest BCUT2D eigenvalue weighted by atomic mass is 32.2. The molecule has 2 aliphatic carbocycles. The first kappa shape index (κ1) is 14.0. The summed E-state index contributed by atoms with van der Waals surface area (Å²) in [5, 5.41) is 7.11. The number of hydrogen-bond donors (Lipinski definition) is 2. The number of sulfonamides is 1. The predicted molar refractivity (Wildman–Crippen MR) is 74.7 cm³/mol. The van der Waals surface area contributed by atoms with E-state index in [1.807, 2.05) is 13.0 Å². The van der Waals surface area contributed by atoms with Gasteiger partial charge in [-0.15, -0.1) is 0 Å². The van der Waals surface area contributed by atoms with Crippen molar-refractivity contribution in [2.75, 3.05) is 6.54 Å². The molecule has 2 saturated carbocycles. The van der Waals surface area contributed by atoms with Crippen LogP contribution in [0.25, 0.3) is 0 Å². The van der Waals surface area contributed by atoms with E-state index in [1.165, 1.54) is 12.8 Å². The summed E-state index contributed by atoms with van der Waals surface area (Å²) in [7, 11) is -3.09. The summed E-state index contributed by atoms with van der Waals surface area (Å²) in [5.74, 6) is 1.54. The highest BCUT2D eigenvalue weighted by molar-refractivity contribution is 7.90. The Morgan fingerprint density at radius 2 is 2.15 bits per heavy atom. The van der Waals surface area contributed by atoms with Gasteiger partial charge in [0.1, 0.15) is 5.76 Å². The molecule has 1 aromatic heterocycles. The van der Waals surface area contributed by atoms with Crippen LogP contribution < -0.4 is 10.0 Å². The fourth-order valence-corrected chi connectivity index (χ4v) is 3.53. The first-order chi connectivity index (χ1) is 9.54. The molecule has 2 N–H and O–H groups in total. The van der Waals surface area contributed by atoms with Gasteiger partial charge in [-0.3, -0.25) is 0 Å². The largest absolute Gasteiger partial charge is 0.361 e. The Kier molecular flexibility index (Phi) is 3.83. The lowest BCUT2D eigenvalue weighted by Crippen LogP contribution is -2.39. The van der Waals surface area contributed by atoms with Crippen molar-refractivity contribution in [3.63, 3.8) is 0 Å². The summed E-state index contributed by atoms with van der Waals surface area (Å²) < 4.78 is 31.3. The van der Waals surface area contributed by atoms with Crippen LogP contribution in [-0.4, -0.2) is 31.4 Å². The van der Waals surface area contributed by atoms with Crippen molar-refractivity contribution < 1.29 is 12.9 Å². The third kappa shape index (κ3) is 3.59. The number of nitrogens with one attached hydrogen (secondary N) is 2. The summed E-state index contributed by atoms with van der Waals surface area (Å²) in [5.41, 5.74) is 0.879. The van der Waals surface area contributed by atoms with Crippen LogP contribution in [-0.2, 0) is 16.6 Å². The maximum absolute atomic E-state index is 11.7. The molecule has 6 nitrogen and oxygen atoms in total. The molecule has 0 unspecified atom stereocenters. The number of hydrogen-bond acceptors (Lipinski definition) is 5. The molecule has 112 valence electrons. The van der Waals surface area contributed by atoms with E-state index in [4.69, 9.17) is 4.52 Å². The summed E-state index contributed by atoms with van der Waals surface area (Å²) in [4.78, 5) is 0. The van der Waals surface area contributed by atoms with Crippen molar-refractivity contribution in [3.8, 4) is 0 Å². The normalized spacial score (nSPS) is 21.1. The van der Waals surface area contributed by atoms with Crippen LogP contribution in [0, 0.1) is 0 Å². The van der Waals surface area contributed by atoms with Gasteiger partial charge >= 0.3 is 0 Å². The molecule has 1 heterocycles. The van der Waals surface area contributed by atoms with Crippen molar-refractivity contribution in [2.45, 2.75) is 56.4 Å². The van der Waals surface area contributed by atoms with Crippen molar-refractivity contribution in [2.24, 2.45) is 0 Å². The topological polar surface area (TPSA) is 84.2 Å². The number of nitrogens with zero attached hydrogens (tertiary/aromatic N) is 1. The summed E-state index contributed by atoms with van der Waals surface area (Å²) >= 11 is 0. The fraction of sp³-hybridized carbons (Fsp3) is 0.769. The highest BCUT2D eigenvalue weighted by Gasteiger charge is 2.35. The van der Waals surface area contributed by atoms with Gasteiger partial charge in [0.05, 0.1) is 10.9 Å². The molecule has 0 radical (unpaired) electrons. The van der Waals surface area contributed by atoms with Gasteiger partial charge in [0, 0.05) is 31.1 Å². The zero-order valence-electron chi connectivity index (χ0n) is 11.6. The van der Waals surface area contributed by atoms with Gasteiger partial charge in [-0.1, -0.05) is 5.16 Å². The Bertz CT molecular complexity index is 561. The van der Waals surface area contributed by atoms with Crippen LogP contribution in [0.2, 0.25) is 0 Å². The minimum Gasteiger partial charge on any atom is -0.361 e. The molecule has 20 heavy (non-hydrogen) atoms. The first-order valence-corrected chi connectivity index (χ1v) is 8.76. The molecule has 1 atom stereocenters. The lowest BCUT2D eigenvalue weighted by Gasteiger charge is -2.13. The van der Waals surface area contributed by atoms with E-state index in [-0.39, 0.29) is 11.3 Å². The minimum absolute atomic E-state index is 0.0598. The smallest absolute Gasteiger partial charge is 0.214 e. The van der Waals surface area contributed by atoms with Gasteiger partial charge < -0.3 is 9.84 Å². The Hall–Kier alpha value is -0.920. The van der Waals surface area contributed by atoms with E-state index < -0.39 is 10.0 Å². The summed E-state index contributed by atoms with van der Waals surface area (Å²) in [6.45, 7) is 2.96. The molecule has 0 bridgehead atoms. The van der Waals surface area contributed by atoms with E-state index in [0.29, 0.717) is 19.0 Å². The monoisotopic (exact) mass is 299 g/mol. The second kappa shape index (κ2) is 5.46. The second-order valence-electron chi connectivity index (χ2n) is 5.87. The van der Waals surface area contributed by atoms with Crippen LogP contribution >= 0.6 is 0 Å². The van der Waals surface area contributed by atoms with Crippen LogP contribution in [0.15, 0.2) is 10.6 Å². The van der Waals surface area contributed by atoms with E-state index in [9.17, 15) is 8.42 Å². The molecule has 0 aromatic carbocycles. The van der Waals surface area contributed by atoms with Crippen molar-refractivity contribution in [1.82, 2.24) is 15.2 Å². The Morgan fingerprint density at radius 1 is 1.40 bits per heavy atom. The van der Waals surface area contributed by atoms with E-state index in [0.717, 1.165) is 24.3 Å². The van der Waals surface area contributed by atoms with E-state index in [1.54, 1.807) is 0 Å². The molecule has 3 rings (SSSR count). The summed E-state index contributed by atoms with van der Waals surface area (Å²) in [6, 6.07) is 2.05. The lowest BCUT2D eigenvalue weighted by molar-refractivity contribution is 0.374. The average Bonchev–Trinajstić information content (AvgIpc) is 3.31. The Labute approximate surface area is 119 Å². The minimum atomic E-state index is -3.09. The summed E-state index contributed by atoms with van der Waals surface area (Å²) in [6.07, 6.45) is 3.98. The van der Waals surface area contributed by atoms with E-state index in [2.05, 4.69) is 15.2 Å². The number of aromatic nitrogens is 1. The molecule has 2 fully saturated rings. The van der Waals surface area contributed by atoms with Gasteiger partial charge in [-0.2, -0.15) is 0 Å². The molecular weight excluding hydrogens is 278 g/mol. The van der Waals surface area contributed by atoms with Crippen molar-refractivity contribution in [3.05, 3.63) is 17.5 Å². The third-order valence-electron chi connectivity index (χ3n) is 3.74. The Morgan fingerprint density at radius 3 is 2.80 bits per heavy atom. The second-order valence-corrected chi connectivity index (χ2v) is 7.92. The van der Waals surface area contributed by atoms with Crippen LogP contribution in [0.3, 0.4) is 0 Å². The van der Waals surface area contributed by atoms with Crippen molar-refractivity contribution in [1.29, 1.82) is 0 Å². The molecule has 7 heteroatoms. The molecular formula is C13H21N3O3S. The average molecular weight is 299 g/mol. The molecule has 2 aliphatic rings. The molecule has 0 aliphatic heterocycles. The van der Waals surface area contributed by atoms with Crippen LogP contribution in [0.1, 0.15) is 50.0 Å². The molecule has 0 amide bonds. The van der Waals surface area contributed by atoms with Crippen LogP contribution in [0.5, 0.6) is 0 Å². The maximum Gasteiger partial charge on any atom is 0.214 e. The maximum atomic E-state index is 11.7. The SMILES string of the molecule is C[C@@H](CNS(=O)(=O)C1CC1)NCc1cc(C2CC2)on1. The van der Waals surface area contributed by atoms with Crippen LogP contribution in [0.4, 0.5) is 0 Å². The highest BCUT2D eigenvalue weighted by Crippen LogP contribution is 2.40. The predicted octanol–water partition coefficient (Wildman–Crippen LogP) is 1.11. The van der Waals surface area contributed by atoms with Gasteiger partial charge in [0.2, 0.25) is 10.0 Å². The standard InChI is InChI=1S/C13H21N3O3S/c1-9(7-15-20(17,18)12-4-5-12)14-8-11-6-13(19-16-11)10-2-3-10/h6,9-10,12,14-15H,2-5,7-8H2,1H3/t9-/m0/s1.